The average molecular weight is 285 g/mol. The normalized spacial score (nSPS) is 10.6. The van der Waals surface area contributed by atoms with E-state index in [1.807, 2.05) is 0 Å². The van der Waals surface area contributed by atoms with Gasteiger partial charge in [-0.2, -0.15) is 0 Å². The Labute approximate surface area is 112 Å². The van der Waals surface area contributed by atoms with Crippen LogP contribution in [-0.4, -0.2) is 5.78 Å². The van der Waals surface area contributed by atoms with E-state index in [0.717, 1.165) is 24.3 Å². The third-order valence-electron chi connectivity index (χ3n) is 2.67. The van der Waals surface area contributed by atoms with Crippen molar-refractivity contribution in [2.24, 2.45) is 0 Å². The summed E-state index contributed by atoms with van der Waals surface area (Å²) in [5.41, 5.74) is 0.244. The van der Waals surface area contributed by atoms with E-state index in [1.54, 1.807) is 0 Å². The van der Waals surface area contributed by atoms with E-state index < -0.39 is 23.2 Å². The molecule has 0 spiro atoms. The molecule has 2 rings (SSSR count). The van der Waals surface area contributed by atoms with Gasteiger partial charge in [0.2, 0.25) is 0 Å². The summed E-state index contributed by atoms with van der Waals surface area (Å²) >= 11 is 5.79. The number of hydrogen-bond acceptors (Lipinski definition) is 1. The van der Waals surface area contributed by atoms with Crippen LogP contribution in [0.2, 0.25) is 5.02 Å². The summed E-state index contributed by atoms with van der Waals surface area (Å²) in [4.78, 5) is 12.1. The second kappa shape index (κ2) is 5.05. The Kier molecular flexibility index (Phi) is 3.62. The Morgan fingerprint density at radius 2 is 1.68 bits per heavy atom. The lowest BCUT2D eigenvalue weighted by atomic mass is 10.0. The van der Waals surface area contributed by atoms with Crippen LogP contribution in [0.4, 0.5) is 13.2 Å². The molecule has 0 aromatic heterocycles. The Hall–Kier alpha value is -1.81. The number of hydrogen-bond donors (Lipinski definition) is 0. The van der Waals surface area contributed by atoms with Crippen molar-refractivity contribution in [3.05, 3.63) is 69.5 Å². The minimum atomic E-state index is -1.12. The molecule has 0 saturated heterocycles. The van der Waals surface area contributed by atoms with Gasteiger partial charge in [-0.05, 0) is 42.8 Å². The zero-order valence-electron chi connectivity index (χ0n) is 9.81. The van der Waals surface area contributed by atoms with E-state index in [9.17, 15) is 18.0 Å². The van der Waals surface area contributed by atoms with Gasteiger partial charge < -0.3 is 0 Å². The lowest BCUT2D eigenvalue weighted by Gasteiger charge is -2.06. The van der Waals surface area contributed by atoms with E-state index in [0.29, 0.717) is 0 Å². The fourth-order valence-corrected chi connectivity index (χ4v) is 1.86. The summed E-state index contributed by atoms with van der Waals surface area (Å²) in [5.74, 6) is -3.29. The van der Waals surface area contributed by atoms with Gasteiger partial charge >= 0.3 is 0 Å². The summed E-state index contributed by atoms with van der Waals surface area (Å²) in [6.07, 6.45) is 0. The van der Waals surface area contributed by atoms with Gasteiger partial charge in [-0.1, -0.05) is 11.6 Å². The molecule has 0 unspecified atom stereocenters. The SMILES string of the molecule is Cc1cc(C(=O)c2ccc(F)c(F)c2)c(Cl)cc1F. The lowest BCUT2D eigenvalue weighted by molar-refractivity contribution is 0.103. The van der Waals surface area contributed by atoms with E-state index in [2.05, 4.69) is 0 Å². The molecule has 1 nitrogen and oxygen atoms in total. The molecule has 0 aliphatic heterocycles. The van der Waals surface area contributed by atoms with E-state index in [1.165, 1.54) is 13.0 Å². The van der Waals surface area contributed by atoms with Crippen molar-refractivity contribution in [3.8, 4) is 0 Å². The van der Waals surface area contributed by atoms with E-state index in [4.69, 9.17) is 11.6 Å². The number of carbonyl (C=O) groups excluding carboxylic acids is 1. The van der Waals surface area contributed by atoms with E-state index >= 15 is 0 Å². The van der Waals surface area contributed by atoms with Gasteiger partial charge in [-0.3, -0.25) is 4.79 Å². The Morgan fingerprint density at radius 1 is 1.00 bits per heavy atom. The monoisotopic (exact) mass is 284 g/mol. The summed E-state index contributed by atoms with van der Waals surface area (Å²) in [6, 6.07) is 5.08. The summed E-state index contributed by atoms with van der Waals surface area (Å²) < 4.78 is 39.1. The second-order valence-electron chi connectivity index (χ2n) is 4.04. The number of rotatable bonds is 2. The smallest absolute Gasteiger partial charge is 0.194 e. The van der Waals surface area contributed by atoms with Gasteiger partial charge in [-0.25, -0.2) is 13.2 Å². The van der Waals surface area contributed by atoms with Gasteiger partial charge in [0, 0.05) is 11.1 Å². The first-order valence-corrected chi connectivity index (χ1v) is 5.73. The van der Waals surface area contributed by atoms with Crippen molar-refractivity contribution < 1.29 is 18.0 Å². The highest BCUT2D eigenvalue weighted by molar-refractivity contribution is 6.35. The third-order valence-corrected chi connectivity index (χ3v) is 2.99. The standard InChI is InChI=1S/C14H8ClF3O/c1-7-4-9(10(15)6-12(7)17)14(19)8-2-3-11(16)13(18)5-8/h2-6H,1H3. The lowest BCUT2D eigenvalue weighted by Crippen LogP contribution is -2.04. The Bertz CT molecular complexity index is 668. The van der Waals surface area contributed by atoms with Crippen molar-refractivity contribution in [1.82, 2.24) is 0 Å². The number of benzene rings is 2. The minimum absolute atomic E-state index is 0.0478. The molecule has 0 bridgehead atoms. The molecule has 0 radical (unpaired) electrons. The van der Waals surface area contributed by atoms with Crippen LogP contribution in [0.15, 0.2) is 30.3 Å². The van der Waals surface area contributed by atoms with Crippen molar-refractivity contribution in [2.45, 2.75) is 6.92 Å². The molecule has 0 aliphatic carbocycles. The first-order chi connectivity index (χ1) is 8.90. The molecule has 98 valence electrons. The maximum absolute atomic E-state index is 13.2. The topological polar surface area (TPSA) is 17.1 Å². The molecule has 0 amide bonds. The average Bonchev–Trinajstić information content (AvgIpc) is 2.36. The maximum atomic E-state index is 13.2. The van der Waals surface area contributed by atoms with Crippen molar-refractivity contribution >= 4 is 17.4 Å². The van der Waals surface area contributed by atoms with Crippen LogP contribution in [0, 0.1) is 24.4 Å². The fraction of sp³-hybridized carbons (Fsp3) is 0.0714. The molecule has 0 atom stereocenters. The van der Waals surface area contributed by atoms with Gasteiger partial charge in [0.15, 0.2) is 17.4 Å². The predicted molar refractivity (Wildman–Crippen MR) is 65.9 cm³/mol. The zero-order chi connectivity index (χ0) is 14.2. The highest BCUT2D eigenvalue weighted by Gasteiger charge is 2.16. The van der Waals surface area contributed by atoms with Gasteiger partial charge in [0.25, 0.3) is 0 Å². The molecule has 2 aromatic carbocycles. The van der Waals surface area contributed by atoms with Gasteiger partial charge in [0.05, 0.1) is 5.02 Å². The molecule has 2 aromatic rings. The van der Waals surface area contributed by atoms with Crippen LogP contribution in [0.1, 0.15) is 21.5 Å². The number of carbonyl (C=O) groups is 1. The van der Waals surface area contributed by atoms with E-state index in [-0.39, 0.29) is 21.7 Å². The minimum Gasteiger partial charge on any atom is -0.289 e. The largest absolute Gasteiger partial charge is 0.289 e. The van der Waals surface area contributed by atoms with Crippen LogP contribution in [0.3, 0.4) is 0 Å². The molecule has 0 saturated carbocycles. The predicted octanol–water partition coefficient (Wildman–Crippen LogP) is 4.30. The summed E-state index contributed by atoms with van der Waals surface area (Å²) in [5, 5.41) is -0.0715. The Morgan fingerprint density at radius 3 is 2.32 bits per heavy atom. The molecule has 0 heterocycles. The van der Waals surface area contributed by atoms with Crippen molar-refractivity contribution in [3.63, 3.8) is 0 Å². The highest BCUT2D eigenvalue weighted by atomic mass is 35.5. The molecule has 0 fully saturated rings. The number of halogens is 4. The van der Waals surface area contributed by atoms with Crippen molar-refractivity contribution in [1.29, 1.82) is 0 Å². The molecule has 5 heteroatoms. The van der Waals surface area contributed by atoms with Crippen molar-refractivity contribution in [2.75, 3.05) is 0 Å². The van der Waals surface area contributed by atoms with Crippen LogP contribution < -0.4 is 0 Å². The van der Waals surface area contributed by atoms with Crippen LogP contribution in [0.5, 0.6) is 0 Å². The first kappa shape index (κ1) is 13.6. The van der Waals surface area contributed by atoms with Crippen LogP contribution >= 0.6 is 11.6 Å². The summed E-state index contributed by atoms with van der Waals surface area (Å²) in [7, 11) is 0. The van der Waals surface area contributed by atoms with Gasteiger partial charge in [0.1, 0.15) is 5.82 Å². The van der Waals surface area contributed by atoms with Crippen LogP contribution in [0.25, 0.3) is 0 Å². The molecule has 0 aliphatic rings. The zero-order valence-corrected chi connectivity index (χ0v) is 10.6. The summed E-state index contributed by atoms with van der Waals surface area (Å²) in [6.45, 7) is 1.48. The molecule has 19 heavy (non-hydrogen) atoms. The molecular formula is C14H8ClF3O. The molecular weight excluding hydrogens is 277 g/mol. The number of ketones is 1. The van der Waals surface area contributed by atoms with Gasteiger partial charge in [-0.15, -0.1) is 0 Å². The second-order valence-corrected chi connectivity index (χ2v) is 4.45. The third kappa shape index (κ3) is 2.63. The molecule has 0 N–H and O–H groups in total. The highest BCUT2D eigenvalue weighted by Crippen LogP contribution is 2.23. The van der Waals surface area contributed by atoms with Crippen LogP contribution in [-0.2, 0) is 0 Å². The first-order valence-electron chi connectivity index (χ1n) is 5.35. The fourth-order valence-electron chi connectivity index (χ4n) is 1.62. The number of aryl methyl sites for hydroxylation is 1. The maximum Gasteiger partial charge on any atom is 0.194 e. The Balaban J connectivity index is 2.49. The quantitative estimate of drug-likeness (QED) is 0.752.